The summed E-state index contributed by atoms with van der Waals surface area (Å²) in [5, 5.41) is 19.7. The number of benzene rings is 2. The number of aryl methyl sites for hydroxylation is 3. The van der Waals surface area contributed by atoms with Crippen LogP contribution in [0.25, 0.3) is 0 Å². The fourth-order valence-corrected chi connectivity index (χ4v) is 5.14. The van der Waals surface area contributed by atoms with Gasteiger partial charge in [0.2, 0.25) is 5.91 Å². The number of nitrogens with zero attached hydrogens (tertiary/aromatic N) is 1. The number of dihydropyridines is 1. The van der Waals surface area contributed by atoms with E-state index in [1.54, 1.807) is 19.1 Å². The van der Waals surface area contributed by atoms with Crippen molar-refractivity contribution < 1.29 is 14.0 Å². The van der Waals surface area contributed by atoms with Crippen LogP contribution >= 0.6 is 11.8 Å². The zero-order valence-electron chi connectivity index (χ0n) is 21.8. The van der Waals surface area contributed by atoms with Crippen molar-refractivity contribution in [2.24, 2.45) is 0 Å². The summed E-state index contributed by atoms with van der Waals surface area (Å²) < 4.78 is 5.67. The highest BCUT2D eigenvalue weighted by atomic mass is 32.2. The Hall–Kier alpha value is -4.22. The van der Waals surface area contributed by atoms with E-state index in [0.29, 0.717) is 33.3 Å². The Balaban J connectivity index is 1.56. The number of carbonyl (C=O) groups is 2. The molecular formula is C30H30N4O3S. The van der Waals surface area contributed by atoms with Crippen LogP contribution in [0.3, 0.4) is 0 Å². The average molecular weight is 527 g/mol. The van der Waals surface area contributed by atoms with E-state index < -0.39 is 5.92 Å². The highest BCUT2D eigenvalue weighted by molar-refractivity contribution is 8.03. The molecule has 3 aromatic rings. The molecular weight excluding hydrogens is 496 g/mol. The van der Waals surface area contributed by atoms with Crippen LogP contribution in [0.1, 0.15) is 42.2 Å². The first-order chi connectivity index (χ1) is 18.3. The Morgan fingerprint density at radius 2 is 1.76 bits per heavy atom. The Morgan fingerprint density at radius 3 is 2.39 bits per heavy atom. The van der Waals surface area contributed by atoms with Crippen LogP contribution < -0.4 is 16.0 Å². The van der Waals surface area contributed by atoms with Crippen molar-refractivity contribution in [2.75, 3.05) is 16.4 Å². The molecule has 4 rings (SSSR count). The van der Waals surface area contributed by atoms with Gasteiger partial charge in [-0.05, 0) is 80.3 Å². The monoisotopic (exact) mass is 526 g/mol. The molecule has 0 unspecified atom stereocenters. The summed E-state index contributed by atoms with van der Waals surface area (Å²) in [6, 6.07) is 19.2. The Morgan fingerprint density at radius 1 is 1.03 bits per heavy atom. The minimum atomic E-state index is -0.712. The second-order valence-corrected chi connectivity index (χ2v) is 10.1. The van der Waals surface area contributed by atoms with Gasteiger partial charge in [-0.25, -0.2) is 0 Å². The quantitative estimate of drug-likeness (QED) is 0.324. The molecule has 0 saturated heterocycles. The Labute approximate surface area is 227 Å². The van der Waals surface area contributed by atoms with Crippen molar-refractivity contribution >= 4 is 35.0 Å². The summed E-state index contributed by atoms with van der Waals surface area (Å²) in [6.07, 6.45) is 2.42. The lowest BCUT2D eigenvalue weighted by molar-refractivity contribution is -0.114. The molecule has 1 aliphatic rings. The maximum atomic E-state index is 13.5. The van der Waals surface area contributed by atoms with Gasteiger partial charge in [-0.1, -0.05) is 36.9 Å². The molecule has 0 spiro atoms. The van der Waals surface area contributed by atoms with Gasteiger partial charge >= 0.3 is 0 Å². The first kappa shape index (κ1) is 26.8. The maximum Gasteiger partial charge on any atom is 0.254 e. The lowest BCUT2D eigenvalue weighted by atomic mass is 9.85. The van der Waals surface area contributed by atoms with Crippen LogP contribution in [-0.2, 0) is 16.0 Å². The van der Waals surface area contributed by atoms with Gasteiger partial charge in [0.1, 0.15) is 5.76 Å². The lowest BCUT2D eigenvalue weighted by Crippen LogP contribution is -2.31. The third kappa shape index (κ3) is 6.01. The molecule has 1 aromatic heterocycles. The number of nitrogens with one attached hydrogen (secondary N) is 3. The molecule has 0 radical (unpaired) electrons. The molecule has 2 aromatic carbocycles. The van der Waals surface area contributed by atoms with Crippen molar-refractivity contribution in [3.8, 4) is 6.07 Å². The third-order valence-corrected chi connectivity index (χ3v) is 7.50. The molecule has 1 atom stereocenters. The van der Waals surface area contributed by atoms with E-state index in [1.165, 1.54) is 23.6 Å². The van der Waals surface area contributed by atoms with Crippen LogP contribution in [0.5, 0.6) is 0 Å². The molecule has 3 N–H and O–H groups in total. The molecule has 38 heavy (non-hydrogen) atoms. The number of nitriles is 1. The summed E-state index contributed by atoms with van der Waals surface area (Å²) in [5.74, 6) is -0.669. The largest absolute Gasteiger partial charge is 0.468 e. The summed E-state index contributed by atoms with van der Waals surface area (Å²) in [5.41, 5.74) is 6.09. The minimum absolute atomic E-state index is 0.0872. The topological polar surface area (TPSA) is 107 Å². The molecule has 1 aliphatic heterocycles. The lowest BCUT2D eigenvalue weighted by Gasteiger charge is -2.28. The summed E-state index contributed by atoms with van der Waals surface area (Å²) in [6.45, 7) is 7.87. The van der Waals surface area contributed by atoms with Crippen LogP contribution in [0.2, 0.25) is 0 Å². The zero-order valence-corrected chi connectivity index (χ0v) is 22.7. The van der Waals surface area contributed by atoms with Gasteiger partial charge in [0.05, 0.1) is 40.2 Å². The molecule has 0 bridgehead atoms. The van der Waals surface area contributed by atoms with E-state index in [-0.39, 0.29) is 17.6 Å². The highest BCUT2D eigenvalue weighted by Crippen LogP contribution is 2.41. The highest BCUT2D eigenvalue weighted by Gasteiger charge is 2.36. The molecule has 194 valence electrons. The fraction of sp³-hybridized carbons (Fsp3) is 0.233. The van der Waals surface area contributed by atoms with Crippen LogP contribution in [0, 0.1) is 25.2 Å². The molecule has 0 aliphatic carbocycles. The molecule has 2 heterocycles. The molecule has 7 nitrogen and oxygen atoms in total. The molecule has 0 saturated carbocycles. The van der Waals surface area contributed by atoms with Crippen molar-refractivity contribution in [1.29, 1.82) is 5.26 Å². The number of hydrogen-bond acceptors (Lipinski definition) is 6. The van der Waals surface area contributed by atoms with Crippen molar-refractivity contribution in [3.63, 3.8) is 0 Å². The predicted octanol–water partition coefficient (Wildman–Crippen LogP) is 6.17. The van der Waals surface area contributed by atoms with Gasteiger partial charge in [0, 0.05) is 17.1 Å². The van der Waals surface area contributed by atoms with Crippen LogP contribution in [0.4, 0.5) is 11.4 Å². The van der Waals surface area contributed by atoms with E-state index in [2.05, 4.69) is 28.9 Å². The first-order valence-electron chi connectivity index (χ1n) is 12.4. The first-order valence-corrected chi connectivity index (χ1v) is 13.3. The number of furan rings is 1. The SMILES string of the molecule is CCc1ccc(NC(=O)C2=C(C)NC(SCC(=O)Nc3ccc(C)c(C)c3)=C(C#N)[C@H]2c2ccco2)cc1. The number of hydrogen-bond donors (Lipinski definition) is 3. The Kier molecular flexibility index (Phi) is 8.39. The number of amides is 2. The van der Waals surface area contributed by atoms with Gasteiger partial charge in [0.25, 0.3) is 5.91 Å². The van der Waals surface area contributed by atoms with Gasteiger partial charge in [-0.3, -0.25) is 9.59 Å². The van der Waals surface area contributed by atoms with Gasteiger partial charge in [-0.15, -0.1) is 0 Å². The van der Waals surface area contributed by atoms with Gasteiger partial charge in [-0.2, -0.15) is 5.26 Å². The second-order valence-electron chi connectivity index (χ2n) is 9.11. The second kappa shape index (κ2) is 11.9. The van der Waals surface area contributed by atoms with E-state index in [4.69, 9.17) is 4.42 Å². The van der Waals surface area contributed by atoms with E-state index >= 15 is 0 Å². The Bertz CT molecular complexity index is 1450. The van der Waals surface area contributed by atoms with E-state index in [0.717, 1.165) is 23.2 Å². The van der Waals surface area contributed by atoms with Gasteiger partial charge in [0.15, 0.2) is 0 Å². The van der Waals surface area contributed by atoms with Crippen LogP contribution in [0.15, 0.2) is 87.1 Å². The van der Waals surface area contributed by atoms with Crippen molar-refractivity contribution in [2.45, 2.75) is 40.0 Å². The molecule has 0 fully saturated rings. The number of allylic oxidation sites excluding steroid dienone is 2. The molecule has 2 amide bonds. The summed E-state index contributed by atoms with van der Waals surface area (Å²) >= 11 is 1.22. The number of thioether (sulfide) groups is 1. The fourth-order valence-electron chi connectivity index (χ4n) is 4.24. The summed E-state index contributed by atoms with van der Waals surface area (Å²) in [4.78, 5) is 26.2. The number of rotatable bonds is 8. The normalized spacial score (nSPS) is 15.1. The standard InChI is InChI=1S/C30H30N4O3S/c1-5-21-9-12-22(13-10-21)34-29(36)27-20(4)32-30(24(16-31)28(27)25-7-6-14-37-25)38-17-26(35)33-23-11-8-18(2)19(3)15-23/h6-15,28,32H,5,17H2,1-4H3,(H,33,35)(H,34,36)/t28-/m0/s1. The molecule has 8 heteroatoms. The third-order valence-electron chi connectivity index (χ3n) is 6.48. The number of carbonyl (C=O) groups excluding carboxylic acids is 2. The van der Waals surface area contributed by atoms with E-state index in [1.807, 2.05) is 56.3 Å². The summed E-state index contributed by atoms with van der Waals surface area (Å²) in [7, 11) is 0. The predicted molar refractivity (Wildman–Crippen MR) is 151 cm³/mol. The van der Waals surface area contributed by atoms with Crippen molar-refractivity contribution in [1.82, 2.24) is 5.32 Å². The van der Waals surface area contributed by atoms with Crippen LogP contribution in [-0.4, -0.2) is 17.6 Å². The smallest absolute Gasteiger partial charge is 0.254 e. The maximum absolute atomic E-state index is 13.5. The average Bonchev–Trinajstić information content (AvgIpc) is 3.44. The van der Waals surface area contributed by atoms with Gasteiger partial charge < -0.3 is 20.4 Å². The minimum Gasteiger partial charge on any atom is -0.468 e. The number of anilines is 2. The van der Waals surface area contributed by atoms with E-state index in [9.17, 15) is 14.9 Å². The van der Waals surface area contributed by atoms with Crippen molar-refractivity contribution in [3.05, 3.63) is 105 Å². The zero-order chi connectivity index (χ0) is 27.2.